The number of hydrogen-bond donors (Lipinski definition) is 3. The Morgan fingerprint density at radius 2 is 1.88 bits per heavy atom. The fraction of sp³-hybridized carbons (Fsp3) is 0.500. The van der Waals surface area contributed by atoms with Gasteiger partial charge in [0.05, 0.1) is 6.10 Å². The molecule has 0 amide bonds. The van der Waals surface area contributed by atoms with Crippen LogP contribution < -0.4 is 5.32 Å². The van der Waals surface area contributed by atoms with Gasteiger partial charge in [-0.05, 0) is 24.6 Å². The molecule has 0 aliphatic rings. The van der Waals surface area contributed by atoms with Crippen molar-refractivity contribution in [2.75, 3.05) is 12.9 Å². The Labute approximate surface area is 101 Å². The molecule has 16 heavy (non-hydrogen) atoms. The van der Waals surface area contributed by atoms with Crippen LogP contribution in [0, 0.1) is 0 Å². The summed E-state index contributed by atoms with van der Waals surface area (Å²) in [6.45, 7) is 0.792. The summed E-state index contributed by atoms with van der Waals surface area (Å²) < 4.78 is 0. The lowest BCUT2D eigenvalue weighted by Gasteiger charge is -2.17. The molecule has 0 aromatic heterocycles. The van der Waals surface area contributed by atoms with Crippen molar-refractivity contribution in [3.8, 4) is 0 Å². The SMILES string of the molecule is CNCc1ccc(C(O)C(O)CCCl)cc1. The number of alkyl halides is 1. The van der Waals surface area contributed by atoms with Crippen LogP contribution in [0.4, 0.5) is 0 Å². The average Bonchev–Trinajstić information content (AvgIpc) is 2.30. The van der Waals surface area contributed by atoms with Gasteiger partial charge in [0.15, 0.2) is 0 Å². The van der Waals surface area contributed by atoms with Crippen molar-refractivity contribution in [1.82, 2.24) is 5.32 Å². The Morgan fingerprint density at radius 3 is 2.38 bits per heavy atom. The maximum absolute atomic E-state index is 9.82. The van der Waals surface area contributed by atoms with E-state index >= 15 is 0 Å². The fourth-order valence-electron chi connectivity index (χ4n) is 1.53. The highest BCUT2D eigenvalue weighted by atomic mass is 35.5. The van der Waals surface area contributed by atoms with Gasteiger partial charge in [-0.1, -0.05) is 24.3 Å². The molecule has 1 aromatic rings. The van der Waals surface area contributed by atoms with E-state index in [-0.39, 0.29) is 0 Å². The average molecular weight is 244 g/mol. The molecule has 0 fully saturated rings. The van der Waals surface area contributed by atoms with Crippen LogP contribution in [0.3, 0.4) is 0 Å². The minimum Gasteiger partial charge on any atom is -0.390 e. The first-order valence-electron chi connectivity index (χ1n) is 5.34. The third kappa shape index (κ3) is 3.76. The Hall–Kier alpha value is -0.610. The zero-order valence-corrected chi connectivity index (χ0v) is 10.1. The number of hydrogen-bond acceptors (Lipinski definition) is 3. The highest BCUT2D eigenvalue weighted by Crippen LogP contribution is 2.19. The second kappa shape index (κ2) is 6.86. The molecule has 0 saturated carbocycles. The van der Waals surface area contributed by atoms with Crippen LogP contribution in [0.2, 0.25) is 0 Å². The molecular weight excluding hydrogens is 226 g/mol. The molecule has 0 radical (unpaired) electrons. The molecule has 0 heterocycles. The van der Waals surface area contributed by atoms with Gasteiger partial charge in [-0.25, -0.2) is 0 Å². The van der Waals surface area contributed by atoms with Gasteiger partial charge < -0.3 is 15.5 Å². The smallest absolute Gasteiger partial charge is 0.105 e. The molecule has 0 bridgehead atoms. The number of nitrogens with one attached hydrogen (secondary N) is 1. The van der Waals surface area contributed by atoms with Gasteiger partial charge in [0.1, 0.15) is 6.10 Å². The van der Waals surface area contributed by atoms with E-state index in [0.29, 0.717) is 12.3 Å². The van der Waals surface area contributed by atoms with Crippen LogP contribution >= 0.6 is 11.6 Å². The first kappa shape index (κ1) is 13.5. The highest BCUT2D eigenvalue weighted by Gasteiger charge is 2.17. The summed E-state index contributed by atoms with van der Waals surface area (Å²) in [5.41, 5.74) is 1.86. The number of benzene rings is 1. The van der Waals surface area contributed by atoms with Crippen molar-refractivity contribution < 1.29 is 10.2 Å². The van der Waals surface area contributed by atoms with Gasteiger partial charge in [0.25, 0.3) is 0 Å². The van der Waals surface area contributed by atoms with Crippen molar-refractivity contribution in [1.29, 1.82) is 0 Å². The molecule has 1 aromatic carbocycles. The van der Waals surface area contributed by atoms with E-state index in [4.69, 9.17) is 11.6 Å². The van der Waals surface area contributed by atoms with E-state index in [1.54, 1.807) is 0 Å². The van der Waals surface area contributed by atoms with Gasteiger partial charge in [0.2, 0.25) is 0 Å². The van der Waals surface area contributed by atoms with E-state index in [2.05, 4.69) is 5.32 Å². The van der Waals surface area contributed by atoms with Gasteiger partial charge in [0, 0.05) is 12.4 Å². The number of rotatable bonds is 6. The van der Waals surface area contributed by atoms with Crippen LogP contribution in [0.15, 0.2) is 24.3 Å². The van der Waals surface area contributed by atoms with Crippen molar-refractivity contribution in [3.05, 3.63) is 35.4 Å². The molecule has 4 heteroatoms. The minimum atomic E-state index is -0.859. The molecule has 0 aliphatic heterocycles. The van der Waals surface area contributed by atoms with Crippen LogP contribution in [-0.2, 0) is 6.54 Å². The third-order valence-electron chi connectivity index (χ3n) is 2.47. The lowest BCUT2D eigenvalue weighted by Crippen LogP contribution is -2.18. The van der Waals surface area contributed by atoms with E-state index in [0.717, 1.165) is 17.7 Å². The molecule has 3 N–H and O–H groups in total. The predicted octanol–water partition coefficient (Wildman–Crippen LogP) is 1.43. The van der Waals surface area contributed by atoms with E-state index < -0.39 is 12.2 Å². The quantitative estimate of drug-likeness (QED) is 0.663. The molecule has 3 nitrogen and oxygen atoms in total. The predicted molar refractivity (Wildman–Crippen MR) is 65.5 cm³/mol. The first-order valence-corrected chi connectivity index (χ1v) is 5.88. The standard InChI is InChI=1S/C12H18ClNO2/c1-14-8-9-2-4-10(5-3-9)12(16)11(15)6-7-13/h2-5,11-12,14-16H,6-8H2,1H3. The maximum atomic E-state index is 9.82. The largest absolute Gasteiger partial charge is 0.390 e. The molecule has 2 unspecified atom stereocenters. The number of aliphatic hydroxyl groups excluding tert-OH is 2. The Kier molecular flexibility index (Phi) is 5.77. The Bertz CT molecular complexity index is 302. The molecule has 1 rings (SSSR count). The zero-order chi connectivity index (χ0) is 12.0. The molecule has 0 saturated heterocycles. The van der Waals surface area contributed by atoms with Crippen LogP contribution in [-0.4, -0.2) is 29.2 Å². The van der Waals surface area contributed by atoms with Gasteiger partial charge in [-0.2, -0.15) is 0 Å². The summed E-state index contributed by atoms with van der Waals surface area (Å²) in [7, 11) is 1.88. The van der Waals surface area contributed by atoms with Crippen LogP contribution in [0.25, 0.3) is 0 Å². The molecule has 0 aliphatic carbocycles. The monoisotopic (exact) mass is 243 g/mol. The molecular formula is C12H18ClNO2. The Morgan fingerprint density at radius 1 is 1.25 bits per heavy atom. The van der Waals surface area contributed by atoms with Crippen LogP contribution in [0.5, 0.6) is 0 Å². The number of halogens is 1. The van der Waals surface area contributed by atoms with Crippen molar-refractivity contribution in [2.45, 2.75) is 25.2 Å². The van der Waals surface area contributed by atoms with Gasteiger partial charge in [-0.3, -0.25) is 0 Å². The van der Waals surface area contributed by atoms with E-state index in [9.17, 15) is 10.2 Å². The van der Waals surface area contributed by atoms with E-state index in [1.807, 2.05) is 31.3 Å². The van der Waals surface area contributed by atoms with Gasteiger partial charge >= 0.3 is 0 Å². The summed E-state index contributed by atoms with van der Waals surface area (Å²) in [5, 5.41) is 22.5. The van der Waals surface area contributed by atoms with Crippen molar-refractivity contribution in [3.63, 3.8) is 0 Å². The molecule has 90 valence electrons. The summed E-state index contributed by atoms with van der Waals surface area (Å²) in [5.74, 6) is 0.343. The third-order valence-corrected chi connectivity index (χ3v) is 2.69. The normalized spacial score (nSPS) is 14.8. The minimum absolute atomic E-state index is 0.343. The summed E-state index contributed by atoms with van der Waals surface area (Å²) in [6, 6.07) is 7.52. The first-order chi connectivity index (χ1) is 7.69. The van der Waals surface area contributed by atoms with E-state index in [1.165, 1.54) is 0 Å². The van der Waals surface area contributed by atoms with Crippen molar-refractivity contribution in [2.24, 2.45) is 0 Å². The zero-order valence-electron chi connectivity index (χ0n) is 9.36. The topological polar surface area (TPSA) is 52.5 Å². The van der Waals surface area contributed by atoms with Gasteiger partial charge in [-0.15, -0.1) is 11.6 Å². The summed E-state index contributed by atoms with van der Waals surface area (Å²) in [6.07, 6.45) is -1.27. The lowest BCUT2D eigenvalue weighted by atomic mass is 10.0. The fourth-order valence-corrected chi connectivity index (χ4v) is 1.75. The lowest BCUT2D eigenvalue weighted by molar-refractivity contribution is 0.0170. The second-order valence-corrected chi connectivity index (χ2v) is 4.14. The molecule has 0 spiro atoms. The maximum Gasteiger partial charge on any atom is 0.105 e. The summed E-state index contributed by atoms with van der Waals surface area (Å²) in [4.78, 5) is 0. The summed E-state index contributed by atoms with van der Waals surface area (Å²) >= 11 is 5.52. The van der Waals surface area contributed by atoms with Crippen molar-refractivity contribution >= 4 is 11.6 Å². The number of aliphatic hydroxyl groups is 2. The second-order valence-electron chi connectivity index (χ2n) is 3.76. The Balaban J connectivity index is 2.65. The molecule has 2 atom stereocenters. The highest BCUT2D eigenvalue weighted by molar-refractivity contribution is 6.17. The van der Waals surface area contributed by atoms with Crippen LogP contribution in [0.1, 0.15) is 23.7 Å².